The number of nitrogens with one attached hydrogen (secondary N) is 1. The second-order valence-electron chi connectivity index (χ2n) is 6.68. The first-order valence-electron chi connectivity index (χ1n) is 7.18. The van der Waals surface area contributed by atoms with Gasteiger partial charge in [0.05, 0.1) is 0 Å². The van der Waals surface area contributed by atoms with Crippen molar-refractivity contribution in [2.45, 2.75) is 57.7 Å². The van der Waals surface area contributed by atoms with E-state index < -0.39 is 23.2 Å². The number of ether oxygens (including phenoxy) is 1. The van der Waals surface area contributed by atoms with Gasteiger partial charge < -0.3 is 15.2 Å². The zero-order chi connectivity index (χ0) is 15.1. The predicted molar refractivity (Wildman–Crippen MR) is 80.7 cm³/mol. The van der Waals surface area contributed by atoms with Crippen LogP contribution < -0.4 is 5.32 Å². The molecule has 21 heavy (non-hydrogen) atoms. The maximum absolute atomic E-state index is 12.5. The van der Waals surface area contributed by atoms with Crippen LogP contribution in [0.3, 0.4) is 0 Å². The summed E-state index contributed by atoms with van der Waals surface area (Å²) < 4.78 is 5.43. The number of carboxylic acid groups (broad SMARTS) is 1. The number of aliphatic carboxylic acids is 1. The molecule has 0 aromatic rings. The molecule has 0 radical (unpaired) electrons. The summed E-state index contributed by atoms with van der Waals surface area (Å²) in [4.78, 5) is 25.9. The number of rotatable bonds is 2. The van der Waals surface area contributed by atoms with Crippen LogP contribution >= 0.6 is 12.4 Å². The molecule has 2 aliphatic rings. The van der Waals surface area contributed by atoms with Gasteiger partial charge in [0.25, 0.3) is 0 Å². The fourth-order valence-electron chi connectivity index (χ4n) is 3.51. The molecular formula is C14H25ClN2O4. The van der Waals surface area contributed by atoms with E-state index in [2.05, 4.69) is 5.32 Å². The summed E-state index contributed by atoms with van der Waals surface area (Å²) >= 11 is 0. The van der Waals surface area contributed by atoms with Crippen molar-refractivity contribution in [2.75, 3.05) is 13.1 Å². The molecule has 122 valence electrons. The van der Waals surface area contributed by atoms with E-state index in [1.807, 2.05) is 6.92 Å². The molecule has 0 spiro atoms. The zero-order valence-electron chi connectivity index (χ0n) is 13.0. The van der Waals surface area contributed by atoms with Gasteiger partial charge in [-0.15, -0.1) is 12.4 Å². The summed E-state index contributed by atoms with van der Waals surface area (Å²) in [6.07, 6.45) is 0.606. The molecule has 0 aromatic heterocycles. The number of fused-ring (bicyclic) bond motifs is 2. The summed E-state index contributed by atoms with van der Waals surface area (Å²) in [6.45, 7) is 8.46. The average Bonchev–Trinajstić information content (AvgIpc) is 2.55. The second kappa shape index (κ2) is 6.01. The first-order chi connectivity index (χ1) is 9.22. The number of halogens is 1. The Labute approximate surface area is 131 Å². The third-order valence-electron chi connectivity index (χ3n) is 4.30. The molecule has 1 amide bonds. The maximum Gasteiger partial charge on any atom is 0.411 e. The minimum Gasteiger partial charge on any atom is -0.479 e. The van der Waals surface area contributed by atoms with Gasteiger partial charge in [-0.2, -0.15) is 0 Å². The van der Waals surface area contributed by atoms with Crippen molar-refractivity contribution in [3.05, 3.63) is 0 Å². The number of carbonyl (C=O) groups excluding carboxylic acids is 1. The number of hydrogen-bond acceptors (Lipinski definition) is 4. The first kappa shape index (κ1) is 18.0. The quantitative estimate of drug-likeness (QED) is 0.812. The average molecular weight is 321 g/mol. The molecule has 0 aliphatic carbocycles. The Morgan fingerprint density at radius 2 is 2.00 bits per heavy atom. The molecule has 6 nitrogen and oxygen atoms in total. The van der Waals surface area contributed by atoms with E-state index in [0.29, 0.717) is 19.5 Å². The van der Waals surface area contributed by atoms with Crippen LogP contribution in [0.4, 0.5) is 4.79 Å². The molecule has 2 aliphatic heterocycles. The van der Waals surface area contributed by atoms with Crippen molar-refractivity contribution in [1.29, 1.82) is 0 Å². The van der Waals surface area contributed by atoms with Crippen molar-refractivity contribution in [3.63, 3.8) is 0 Å². The fourth-order valence-corrected chi connectivity index (χ4v) is 3.51. The summed E-state index contributed by atoms with van der Waals surface area (Å²) in [5.41, 5.74) is -1.77. The van der Waals surface area contributed by atoms with Gasteiger partial charge in [0, 0.05) is 25.0 Å². The largest absolute Gasteiger partial charge is 0.479 e. The second-order valence-corrected chi connectivity index (χ2v) is 6.68. The predicted octanol–water partition coefficient (Wildman–Crippen LogP) is 1.87. The van der Waals surface area contributed by atoms with E-state index >= 15 is 0 Å². The van der Waals surface area contributed by atoms with Crippen LogP contribution in [0.5, 0.6) is 0 Å². The number of likely N-dealkylation sites (tertiary alicyclic amines) is 1. The lowest BCUT2D eigenvalue weighted by Crippen LogP contribution is -2.58. The molecular weight excluding hydrogens is 296 g/mol. The van der Waals surface area contributed by atoms with Gasteiger partial charge in [-0.1, -0.05) is 6.92 Å². The Kier molecular flexibility index (Phi) is 5.16. The van der Waals surface area contributed by atoms with Crippen molar-refractivity contribution in [1.82, 2.24) is 10.2 Å². The number of carbonyl (C=O) groups is 2. The lowest BCUT2D eigenvalue weighted by Gasteiger charge is -2.38. The number of amides is 1. The van der Waals surface area contributed by atoms with Crippen LogP contribution in [0.2, 0.25) is 0 Å². The highest BCUT2D eigenvalue weighted by Gasteiger charge is 2.61. The Bertz CT molecular complexity index is 424. The number of nitrogens with zero attached hydrogens (tertiary/aromatic N) is 1. The highest BCUT2D eigenvalue weighted by molar-refractivity contribution is 5.86. The molecule has 2 saturated heterocycles. The maximum atomic E-state index is 12.5. The van der Waals surface area contributed by atoms with Gasteiger partial charge in [-0.3, -0.25) is 4.90 Å². The third-order valence-corrected chi connectivity index (χ3v) is 4.30. The van der Waals surface area contributed by atoms with Gasteiger partial charge in [-0.05, 0) is 33.6 Å². The van der Waals surface area contributed by atoms with E-state index in [1.54, 1.807) is 20.8 Å². The Hall–Kier alpha value is -1.01. The Morgan fingerprint density at radius 1 is 1.38 bits per heavy atom. The standard InChI is InChI=1S/C14H24N2O4.ClH/c1-5-14(11(17)18)9-6-10(8-15-7-9)16(14)12(19)20-13(2,3)4;/h9-10,15H,5-8H2,1-4H3,(H,17,18);1H. The Balaban J connectivity index is 0.00000220. The SMILES string of the molecule is CCC1(C(=O)O)C2CNCC(C2)N1C(=O)OC(C)(C)C.Cl. The van der Waals surface area contributed by atoms with Crippen LogP contribution in [0.25, 0.3) is 0 Å². The summed E-state index contributed by atoms with van der Waals surface area (Å²) in [6, 6.07) is -0.0975. The number of carboxylic acids is 1. The van der Waals surface area contributed by atoms with Crippen LogP contribution in [0.1, 0.15) is 40.5 Å². The van der Waals surface area contributed by atoms with Gasteiger partial charge in [0.15, 0.2) is 0 Å². The first-order valence-corrected chi connectivity index (χ1v) is 7.18. The topological polar surface area (TPSA) is 78.9 Å². The van der Waals surface area contributed by atoms with Gasteiger partial charge in [0.1, 0.15) is 11.1 Å². The minimum absolute atomic E-state index is 0. The normalized spacial score (nSPS) is 31.5. The Morgan fingerprint density at radius 3 is 2.48 bits per heavy atom. The molecule has 2 N–H and O–H groups in total. The van der Waals surface area contributed by atoms with Crippen molar-refractivity contribution in [2.24, 2.45) is 5.92 Å². The highest BCUT2D eigenvalue weighted by atomic mass is 35.5. The van der Waals surface area contributed by atoms with E-state index in [9.17, 15) is 14.7 Å². The highest BCUT2D eigenvalue weighted by Crippen LogP contribution is 2.44. The monoisotopic (exact) mass is 320 g/mol. The van der Waals surface area contributed by atoms with Gasteiger partial charge >= 0.3 is 12.1 Å². The fraction of sp³-hybridized carbons (Fsp3) is 0.857. The van der Waals surface area contributed by atoms with Gasteiger partial charge in [-0.25, -0.2) is 9.59 Å². The van der Waals surface area contributed by atoms with Crippen molar-refractivity contribution in [3.8, 4) is 0 Å². The summed E-state index contributed by atoms with van der Waals surface area (Å²) in [7, 11) is 0. The third kappa shape index (κ3) is 2.97. The molecule has 2 bridgehead atoms. The van der Waals surface area contributed by atoms with Crippen molar-refractivity contribution < 1.29 is 19.4 Å². The lowest BCUT2D eigenvalue weighted by molar-refractivity contribution is -0.152. The molecule has 0 saturated carbocycles. The van der Waals surface area contributed by atoms with E-state index in [-0.39, 0.29) is 24.4 Å². The van der Waals surface area contributed by atoms with E-state index in [1.165, 1.54) is 4.90 Å². The summed E-state index contributed by atoms with van der Waals surface area (Å²) in [5.74, 6) is -0.988. The number of hydrogen-bond donors (Lipinski definition) is 2. The smallest absolute Gasteiger partial charge is 0.411 e. The molecule has 0 aromatic carbocycles. The lowest BCUT2D eigenvalue weighted by atomic mass is 9.81. The molecule has 3 unspecified atom stereocenters. The zero-order valence-corrected chi connectivity index (χ0v) is 13.8. The van der Waals surface area contributed by atoms with Crippen LogP contribution in [-0.2, 0) is 9.53 Å². The van der Waals surface area contributed by atoms with Crippen molar-refractivity contribution >= 4 is 24.5 Å². The van der Waals surface area contributed by atoms with Crippen LogP contribution in [0.15, 0.2) is 0 Å². The minimum atomic E-state index is -1.14. The summed E-state index contributed by atoms with van der Waals surface area (Å²) in [5, 5.41) is 13.0. The van der Waals surface area contributed by atoms with E-state index in [4.69, 9.17) is 4.74 Å². The molecule has 3 atom stereocenters. The van der Waals surface area contributed by atoms with Crippen LogP contribution in [0, 0.1) is 5.92 Å². The number of piperidine rings is 1. The molecule has 2 heterocycles. The molecule has 2 rings (SSSR count). The molecule has 7 heteroatoms. The van der Waals surface area contributed by atoms with Crippen LogP contribution in [-0.4, -0.2) is 52.3 Å². The van der Waals surface area contributed by atoms with E-state index in [0.717, 1.165) is 6.42 Å². The molecule has 2 fully saturated rings. The van der Waals surface area contributed by atoms with Gasteiger partial charge in [0.2, 0.25) is 0 Å².